The molecular formula is C21H31NO10. The number of benzene rings is 1. The highest BCUT2D eigenvalue weighted by atomic mass is 16.6. The molecule has 0 atom stereocenters. The third kappa shape index (κ3) is 16.2. The Morgan fingerprint density at radius 2 is 1.28 bits per heavy atom. The lowest BCUT2D eigenvalue weighted by molar-refractivity contribution is -0.143. The third-order valence-electron chi connectivity index (χ3n) is 3.66. The van der Waals surface area contributed by atoms with Gasteiger partial charge in [0.25, 0.3) is 0 Å². The zero-order chi connectivity index (χ0) is 23.3. The summed E-state index contributed by atoms with van der Waals surface area (Å²) in [6.07, 6.45) is 0.781. The number of carboxylic acid groups (broad SMARTS) is 1. The first-order valence-electron chi connectivity index (χ1n) is 10.2. The molecule has 1 aromatic carbocycles. The van der Waals surface area contributed by atoms with Gasteiger partial charge in [0.15, 0.2) is 0 Å². The molecular weight excluding hydrogens is 426 g/mol. The molecule has 1 amide bonds. The molecule has 0 saturated carbocycles. The summed E-state index contributed by atoms with van der Waals surface area (Å²) in [7, 11) is 0. The van der Waals surface area contributed by atoms with Gasteiger partial charge in [0, 0.05) is 12.1 Å². The van der Waals surface area contributed by atoms with Crippen molar-refractivity contribution in [2.45, 2.75) is 0 Å². The number of aldehydes is 1. The van der Waals surface area contributed by atoms with Crippen LogP contribution < -0.4 is 10.1 Å². The number of nitrogens with one attached hydrogen (secondary N) is 1. The van der Waals surface area contributed by atoms with Crippen molar-refractivity contribution in [3.63, 3.8) is 0 Å². The van der Waals surface area contributed by atoms with E-state index in [-0.39, 0.29) is 6.61 Å². The molecule has 11 heteroatoms. The molecule has 11 nitrogen and oxygen atoms in total. The van der Waals surface area contributed by atoms with E-state index in [4.69, 9.17) is 28.8 Å². The molecule has 1 rings (SSSR count). The maximum absolute atomic E-state index is 11.3. The fraction of sp³-hybridized carbons (Fsp3) is 0.571. The molecule has 0 spiro atoms. The van der Waals surface area contributed by atoms with Crippen LogP contribution in [0, 0.1) is 0 Å². The molecule has 0 unspecified atom stereocenters. The summed E-state index contributed by atoms with van der Waals surface area (Å²) in [5, 5.41) is 10.9. The Morgan fingerprint density at radius 3 is 1.81 bits per heavy atom. The molecule has 2 N–H and O–H groups in total. The average Bonchev–Trinajstić information content (AvgIpc) is 2.79. The number of hydrogen-bond acceptors (Lipinski definition) is 9. The highest BCUT2D eigenvalue weighted by Gasteiger charge is 2.03. The van der Waals surface area contributed by atoms with E-state index in [9.17, 15) is 14.4 Å². The fourth-order valence-corrected chi connectivity index (χ4v) is 2.17. The van der Waals surface area contributed by atoms with Crippen LogP contribution >= 0.6 is 0 Å². The van der Waals surface area contributed by atoms with Crippen molar-refractivity contribution in [1.29, 1.82) is 0 Å². The predicted octanol–water partition coefficient (Wildman–Crippen LogP) is 0.162. The summed E-state index contributed by atoms with van der Waals surface area (Å²) in [4.78, 5) is 32.1. The number of carboxylic acids is 1. The highest BCUT2D eigenvalue weighted by Crippen LogP contribution is 2.10. The van der Waals surface area contributed by atoms with Crippen LogP contribution in [0.5, 0.6) is 5.75 Å². The Balaban J connectivity index is 1.76. The number of carbonyl (C=O) groups excluding carboxylic acids is 2. The maximum atomic E-state index is 11.3. The maximum Gasteiger partial charge on any atom is 0.329 e. The normalized spacial score (nSPS) is 10.6. The molecule has 0 bridgehead atoms. The number of amides is 1. The van der Waals surface area contributed by atoms with E-state index in [2.05, 4.69) is 10.1 Å². The number of hydrogen-bond donors (Lipinski definition) is 2. The van der Waals surface area contributed by atoms with Gasteiger partial charge in [-0.25, -0.2) is 4.79 Å². The molecule has 0 heterocycles. The van der Waals surface area contributed by atoms with Crippen LogP contribution in [0.1, 0.15) is 10.4 Å². The van der Waals surface area contributed by atoms with Gasteiger partial charge in [0.05, 0.1) is 52.9 Å². The van der Waals surface area contributed by atoms with Gasteiger partial charge in [0.2, 0.25) is 5.91 Å². The van der Waals surface area contributed by atoms with Crippen LogP contribution in [0.4, 0.5) is 0 Å². The predicted molar refractivity (Wildman–Crippen MR) is 112 cm³/mol. The summed E-state index contributed by atoms with van der Waals surface area (Å²) in [6, 6.07) is 6.85. The molecule has 0 fully saturated rings. The van der Waals surface area contributed by atoms with Crippen LogP contribution in [0.2, 0.25) is 0 Å². The third-order valence-corrected chi connectivity index (χ3v) is 3.66. The van der Waals surface area contributed by atoms with Crippen LogP contribution in [-0.2, 0) is 33.3 Å². The van der Waals surface area contributed by atoms with E-state index < -0.39 is 18.5 Å². The first kappa shape index (κ1) is 27.5. The zero-order valence-corrected chi connectivity index (χ0v) is 18.0. The van der Waals surface area contributed by atoms with Gasteiger partial charge in [-0.1, -0.05) is 0 Å². The van der Waals surface area contributed by atoms with Crippen molar-refractivity contribution in [3.05, 3.63) is 29.8 Å². The van der Waals surface area contributed by atoms with Gasteiger partial charge in [-0.15, -0.1) is 0 Å². The molecule has 0 aliphatic rings. The number of ether oxygens (including phenoxy) is 6. The van der Waals surface area contributed by atoms with Crippen molar-refractivity contribution in [2.75, 3.05) is 79.2 Å². The second-order valence-electron chi connectivity index (χ2n) is 6.22. The monoisotopic (exact) mass is 457 g/mol. The summed E-state index contributed by atoms with van der Waals surface area (Å²) < 4.78 is 31.6. The smallest absolute Gasteiger partial charge is 0.329 e. The summed E-state index contributed by atoms with van der Waals surface area (Å²) in [5.41, 5.74) is 0.603. The van der Waals surface area contributed by atoms with Crippen LogP contribution in [0.15, 0.2) is 24.3 Å². The second-order valence-corrected chi connectivity index (χ2v) is 6.22. The molecule has 32 heavy (non-hydrogen) atoms. The van der Waals surface area contributed by atoms with Gasteiger partial charge < -0.3 is 38.8 Å². The standard InChI is InChI=1S/C21H31NO10/c23-15-18-1-3-19(4-2-18)32-14-13-30-12-11-29-10-9-28-8-7-27-6-5-22-20(24)16-31-17-21(25)26/h1-4,15H,5-14,16-17H2,(H,22,24)(H,25,26). The average molecular weight is 457 g/mol. The lowest BCUT2D eigenvalue weighted by Crippen LogP contribution is -2.31. The Kier molecular flexibility index (Phi) is 16.4. The van der Waals surface area contributed by atoms with Gasteiger partial charge in [-0.05, 0) is 24.3 Å². The van der Waals surface area contributed by atoms with Gasteiger partial charge in [-0.3, -0.25) is 9.59 Å². The Morgan fingerprint density at radius 1 is 0.750 bits per heavy atom. The van der Waals surface area contributed by atoms with Crippen LogP contribution in [0.25, 0.3) is 0 Å². The molecule has 0 aromatic heterocycles. The van der Waals surface area contributed by atoms with Crippen molar-refractivity contribution < 1.29 is 47.9 Å². The molecule has 1 aromatic rings. The van der Waals surface area contributed by atoms with Gasteiger partial charge in [0.1, 0.15) is 31.9 Å². The van der Waals surface area contributed by atoms with Crippen LogP contribution in [-0.4, -0.2) is 102 Å². The van der Waals surface area contributed by atoms with Gasteiger partial charge in [-0.2, -0.15) is 0 Å². The molecule has 180 valence electrons. The minimum atomic E-state index is -1.12. The van der Waals surface area contributed by atoms with Crippen molar-refractivity contribution in [2.24, 2.45) is 0 Å². The van der Waals surface area contributed by atoms with Crippen molar-refractivity contribution in [1.82, 2.24) is 5.32 Å². The highest BCUT2D eigenvalue weighted by molar-refractivity contribution is 5.77. The van der Waals surface area contributed by atoms with Crippen molar-refractivity contribution >= 4 is 18.2 Å². The van der Waals surface area contributed by atoms with E-state index in [0.29, 0.717) is 77.3 Å². The van der Waals surface area contributed by atoms with E-state index in [1.165, 1.54) is 0 Å². The lowest BCUT2D eigenvalue weighted by Gasteiger charge is -2.09. The minimum Gasteiger partial charge on any atom is -0.491 e. The first-order valence-corrected chi connectivity index (χ1v) is 10.2. The van der Waals surface area contributed by atoms with Gasteiger partial charge >= 0.3 is 5.97 Å². The SMILES string of the molecule is O=Cc1ccc(OCCOCCOCCOCCOCCNC(=O)COCC(=O)O)cc1. The van der Waals surface area contributed by atoms with E-state index in [1.54, 1.807) is 24.3 Å². The Hall–Kier alpha value is -2.57. The number of aliphatic carboxylic acids is 1. The minimum absolute atomic E-state index is 0.300. The van der Waals surface area contributed by atoms with E-state index in [0.717, 1.165) is 6.29 Å². The quantitative estimate of drug-likeness (QED) is 0.194. The molecule has 0 radical (unpaired) electrons. The lowest BCUT2D eigenvalue weighted by atomic mass is 10.2. The van der Waals surface area contributed by atoms with Crippen LogP contribution in [0.3, 0.4) is 0 Å². The van der Waals surface area contributed by atoms with E-state index >= 15 is 0 Å². The Labute approximate surface area is 186 Å². The topological polar surface area (TPSA) is 139 Å². The van der Waals surface area contributed by atoms with Crippen molar-refractivity contribution in [3.8, 4) is 5.75 Å². The molecule has 0 saturated heterocycles. The molecule has 0 aliphatic carbocycles. The fourth-order valence-electron chi connectivity index (χ4n) is 2.17. The second kappa shape index (κ2) is 19.1. The number of carbonyl (C=O) groups is 3. The number of rotatable bonds is 21. The zero-order valence-electron chi connectivity index (χ0n) is 18.0. The summed E-state index contributed by atoms with van der Waals surface area (Å²) in [6.45, 7) is 3.20. The van der Waals surface area contributed by atoms with E-state index in [1.807, 2.05) is 0 Å². The summed E-state index contributed by atoms with van der Waals surface area (Å²) >= 11 is 0. The first-order chi connectivity index (χ1) is 15.6. The Bertz CT molecular complexity index is 638. The largest absolute Gasteiger partial charge is 0.491 e. The molecule has 0 aliphatic heterocycles. The summed E-state index contributed by atoms with van der Waals surface area (Å²) in [5.74, 6) is -0.837.